The van der Waals surface area contributed by atoms with Gasteiger partial charge < -0.3 is 19.6 Å². The number of carbonyl (C=O) groups is 2. The van der Waals surface area contributed by atoms with Crippen LogP contribution in [0, 0.1) is 5.41 Å². The molecule has 1 amide bonds. The molecule has 172 valence electrons. The summed E-state index contributed by atoms with van der Waals surface area (Å²) in [7, 11) is 0. The lowest BCUT2D eigenvalue weighted by molar-refractivity contribution is -0.139. The molecule has 3 fully saturated rings. The van der Waals surface area contributed by atoms with Crippen molar-refractivity contribution in [3.63, 3.8) is 0 Å². The number of aliphatic hydroxyl groups is 1. The van der Waals surface area contributed by atoms with Crippen molar-refractivity contribution in [3.8, 4) is 5.82 Å². The van der Waals surface area contributed by atoms with Gasteiger partial charge in [-0.15, -0.1) is 5.10 Å². The first kappa shape index (κ1) is 20.4. The van der Waals surface area contributed by atoms with Crippen LogP contribution in [0.4, 0.5) is 0 Å². The molecule has 12 nitrogen and oxygen atoms in total. The number of piperidine rings is 1. The van der Waals surface area contributed by atoms with E-state index in [0.717, 1.165) is 45.2 Å². The highest BCUT2D eigenvalue weighted by Gasteiger charge is 2.65. The van der Waals surface area contributed by atoms with E-state index in [-0.39, 0.29) is 24.0 Å². The maximum atomic E-state index is 13.5. The van der Waals surface area contributed by atoms with Gasteiger partial charge in [0.25, 0.3) is 0 Å². The fraction of sp³-hybridized carbons (Fsp3) is 0.571. The van der Waals surface area contributed by atoms with Gasteiger partial charge in [-0.05, 0) is 55.6 Å². The number of tetrazole rings is 1. The first-order chi connectivity index (χ1) is 16.0. The minimum Gasteiger partial charge on any atom is -0.456 e. The number of aromatic nitrogens is 6. The molecule has 2 aromatic rings. The van der Waals surface area contributed by atoms with Crippen molar-refractivity contribution < 1.29 is 19.4 Å². The summed E-state index contributed by atoms with van der Waals surface area (Å²) in [6.45, 7) is 2.05. The first-order valence-corrected chi connectivity index (χ1v) is 11.2. The number of ether oxygens (including phenoxy) is 1. The Kier molecular flexibility index (Phi) is 4.56. The molecule has 1 saturated carbocycles. The second-order valence-electron chi connectivity index (χ2n) is 9.44. The zero-order valence-electron chi connectivity index (χ0n) is 18.0. The minimum atomic E-state index is -0.785. The maximum Gasteiger partial charge on any atom is 0.333 e. The molecule has 12 heteroatoms. The third kappa shape index (κ3) is 3.40. The fourth-order valence-corrected chi connectivity index (χ4v) is 5.49. The molecular weight excluding hydrogens is 428 g/mol. The van der Waals surface area contributed by atoms with Crippen molar-refractivity contribution in [2.45, 2.75) is 43.7 Å². The van der Waals surface area contributed by atoms with E-state index in [1.165, 1.54) is 29.5 Å². The summed E-state index contributed by atoms with van der Waals surface area (Å²) in [6.07, 6.45) is 9.43. The Bertz CT molecular complexity index is 1100. The molecule has 0 radical (unpaired) electrons. The lowest BCUT2D eigenvalue weighted by Crippen LogP contribution is -2.45. The second-order valence-corrected chi connectivity index (χ2v) is 9.44. The largest absolute Gasteiger partial charge is 0.456 e. The maximum absolute atomic E-state index is 13.5. The molecular formula is C21H24N8O4. The van der Waals surface area contributed by atoms with E-state index in [0.29, 0.717) is 23.8 Å². The molecule has 2 aromatic heterocycles. The second kappa shape index (κ2) is 7.39. The number of aliphatic hydroxyl groups excluding tert-OH is 1. The summed E-state index contributed by atoms with van der Waals surface area (Å²) in [5.74, 6) is 0.236. The smallest absolute Gasteiger partial charge is 0.333 e. The Morgan fingerprint density at radius 3 is 2.55 bits per heavy atom. The Balaban J connectivity index is 1.09. The fourth-order valence-electron chi connectivity index (χ4n) is 5.49. The number of hydrogen-bond donors (Lipinski definition) is 1. The number of rotatable bonds is 5. The molecule has 6 rings (SSSR count). The highest BCUT2D eigenvalue weighted by Crippen LogP contribution is 2.60. The molecule has 3 aliphatic heterocycles. The number of β-amino-alcohol motifs (C(OH)–C–C–N with tert-alkyl or cyclic N) is 1. The van der Waals surface area contributed by atoms with E-state index >= 15 is 0 Å². The molecule has 1 atom stereocenters. The van der Waals surface area contributed by atoms with Gasteiger partial charge in [-0.1, -0.05) is 0 Å². The molecule has 0 bridgehead atoms. The Hall–Kier alpha value is -3.25. The molecule has 1 unspecified atom stereocenters. The van der Waals surface area contributed by atoms with Crippen LogP contribution in [0.2, 0.25) is 0 Å². The number of amides is 1. The average molecular weight is 452 g/mol. The van der Waals surface area contributed by atoms with E-state index in [9.17, 15) is 14.7 Å². The van der Waals surface area contributed by atoms with Gasteiger partial charge in [-0.25, -0.2) is 9.78 Å². The van der Waals surface area contributed by atoms with Crippen LogP contribution < -0.4 is 0 Å². The molecule has 5 heterocycles. The first-order valence-electron chi connectivity index (χ1n) is 11.2. The van der Waals surface area contributed by atoms with Crippen molar-refractivity contribution in [2.24, 2.45) is 5.41 Å². The van der Waals surface area contributed by atoms with Crippen LogP contribution in [0.15, 0.2) is 30.5 Å². The van der Waals surface area contributed by atoms with Gasteiger partial charge in [0, 0.05) is 18.2 Å². The number of esters is 1. The SMILES string of the molecule is O=C1C=C(N2C(=O)C3(CCN(CC(O)c4cnc(-n5cnnn5)cn4)CC3)CC23CC3)CO1. The van der Waals surface area contributed by atoms with E-state index in [1.807, 2.05) is 4.90 Å². The van der Waals surface area contributed by atoms with Crippen LogP contribution in [0.25, 0.3) is 5.82 Å². The average Bonchev–Trinajstić information content (AvgIpc) is 3.16. The lowest BCUT2D eigenvalue weighted by atomic mass is 9.75. The van der Waals surface area contributed by atoms with Gasteiger partial charge in [0.05, 0.1) is 29.2 Å². The molecule has 0 aromatic carbocycles. The van der Waals surface area contributed by atoms with Crippen LogP contribution in [-0.4, -0.2) is 88.7 Å². The molecule has 1 N–H and O–H groups in total. The van der Waals surface area contributed by atoms with E-state index < -0.39 is 11.5 Å². The predicted octanol–water partition coefficient (Wildman–Crippen LogP) is -0.226. The third-order valence-corrected chi connectivity index (χ3v) is 7.39. The van der Waals surface area contributed by atoms with Crippen molar-refractivity contribution in [3.05, 3.63) is 36.2 Å². The monoisotopic (exact) mass is 452 g/mol. The zero-order chi connectivity index (χ0) is 22.6. The summed E-state index contributed by atoms with van der Waals surface area (Å²) in [4.78, 5) is 37.7. The van der Waals surface area contributed by atoms with Crippen molar-refractivity contribution in [1.82, 2.24) is 40.0 Å². The number of cyclic esters (lactones) is 1. The summed E-state index contributed by atoms with van der Waals surface area (Å²) >= 11 is 0. The molecule has 4 aliphatic rings. The predicted molar refractivity (Wildman–Crippen MR) is 110 cm³/mol. The highest BCUT2D eigenvalue weighted by atomic mass is 16.5. The van der Waals surface area contributed by atoms with Gasteiger partial charge in [-0.3, -0.25) is 9.78 Å². The summed E-state index contributed by atoms with van der Waals surface area (Å²) < 4.78 is 6.47. The molecule has 33 heavy (non-hydrogen) atoms. The van der Waals surface area contributed by atoms with Gasteiger partial charge in [0.2, 0.25) is 5.91 Å². The van der Waals surface area contributed by atoms with E-state index in [4.69, 9.17) is 4.74 Å². The van der Waals surface area contributed by atoms with Gasteiger partial charge in [0.15, 0.2) is 5.82 Å². The Morgan fingerprint density at radius 1 is 1.12 bits per heavy atom. The van der Waals surface area contributed by atoms with Gasteiger partial charge in [0.1, 0.15) is 19.0 Å². The Morgan fingerprint density at radius 2 is 1.94 bits per heavy atom. The highest BCUT2D eigenvalue weighted by molar-refractivity contribution is 5.92. The Labute approximate surface area is 189 Å². The van der Waals surface area contributed by atoms with Crippen LogP contribution >= 0.6 is 0 Å². The standard InChI is InChI=1S/C21H24N8O4/c30-16(15-8-23-17(9-22-15)28-13-24-25-26-28)10-27-5-3-20(4-6-27)12-21(1-2-21)29(19(20)32)14-7-18(31)33-11-14/h7-9,13,16,30H,1-6,10-12H2. The summed E-state index contributed by atoms with van der Waals surface area (Å²) in [5.41, 5.74) is 0.665. The number of hydrogen-bond acceptors (Lipinski definition) is 10. The van der Waals surface area contributed by atoms with Crippen LogP contribution in [0.5, 0.6) is 0 Å². The van der Waals surface area contributed by atoms with Crippen molar-refractivity contribution in [1.29, 1.82) is 0 Å². The number of nitrogens with zero attached hydrogens (tertiary/aromatic N) is 8. The molecule has 2 saturated heterocycles. The normalized spacial score (nSPS) is 24.4. The van der Waals surface area contributed by atoms with Gasteiger partial charge in [-0.2, -0.15) is 4.68 Å². The van der Waals surface area contributed by atoms with Crippen LogP contribution in [0.1, 0.15) is 43.9 Å². The minimum absolute atomic E-state index is 0.129. The van der Waals surface area contributed by atoms with Gasteiger partial charge >= 0.3 is 5.97 Å². The topological polar surface area (TPSA) is 139 Å². The molecule has 1 aliphatic carbocycles. The number of likely N-dealkylation sites (tertiary alicyclic amines) is 2. The molecule has 2 spiro atoms. The van der Waals surface area contributed by atoms with E-state index in [1.54, 1.807) is 0 Å². The lowest BCUT2D eigenvalue weighted by Gasteiger charge is -2.38. The summed E-state index contributed by atoms with van der Waals surface area (Å²) in [6, 6.07) is 0. The van der Waals surface area contributed by atoms with Crippen LogP contribution in [0.3, 0.4) is 0 Å². The third-order valence-electron chi connectivity index (χ3n) is 7.39. The number of carbonyl (C=O) groups excluding carboxylic acids is 2. The quantitative estimate of drug-likeness (QED) is 0.605. The van der Waals surface area contributed by atoms with E-state index in [2.05, 4.69) is 30.4 Å². The van der Waals surface area contributed by atoms with Crippen LogP contribution in [-0.2, 0) is 14.3 Å². The van der Waals surface area contributed by atoms with Crippen molar-refractivity contribution >= 4 is 11.9 Å². The van der Waals surface area contributed by atoms with Crippen molar-refractivity contribution in [2.75, 3.05) is 26.2 Å². The zero-order valence-corrected chi connectivity index (χ0v) is 18.0. The summed E-state index contributed by atoms with van der Waals surface area (Å²) in [5, 5.41) is 21.6.